The molecule has 0 aliphatic carbocycles. The van der Waals surface area contributed by atoms with Crippen LogP contribution in [0.1, 0.15) is 11.1 Å². The minimum absolute atomic E-state index is 0.0540. The molecule has 3 aromatic rings. The van der Waals surface area contributed by atoms with Crippen molar-refractivity contribution in [2.24, 2.45) is 4.99 Å². The number of carbonyl (C=O) groups excluding carboxylic acids is 1. The van der Waals surface area contributed by atoms with Gasteiger partial charge in [-0.15, -0.1) is 0 Å². The lowest BCUT2D eigenvalue weighted by molar-refractivity contribution is -0.116. The molecule has 0 unspecified atom stereocenters. The molecule has 0 aliphatic rings. The molecule has 1 aromatic heterocycles. The number of halogens is 1. The molecule has 0 radical (unpaired) electrons. The number of aromatic nitrogens is 1. The van der Waals surface area contributed by atoms with Gasteiger partial charge in [0.25, 0.3) is 5.56 Å². The molecule has 2 aromatic carbocycles. The van der Waals surface area contributed by atoms with E-state index in [2.05, 4.69) is 37.9 Å². The quantitative estimate of drug-likeness (QED) is 0.227. The molecule has 4 N–H and O–H groups in total. The van der Waals surface area contributed by atoms with E-state index in [4.69, 9.17) is 0 Å². The predicted octanol–water partition coefficient (Wildman–Crippen LogP) is 2.66. The number of nitrogens with zero attached hydrogens (tertiary/aromatic N) is 2. The topological polar surface area (TPSA) is 118 Å². The van der Waals surface area contributed by atoms with E-state index >= 15 is 0 Å². The molecular weight excluding hydrogens is 499 g/mol. The molecule has 0 atom stereocenters. The van der Waals surface area contributed by atoms with Gasteiger partial charge >= 0.3 is 0 Å². The third-order valence-electron chi connectivity index (χ3n) is 4.29. The normalized spacial score (nSPS) is 11.5. The Morgan fingerprint density at radius 3 is 2.67 bits per heavy atom. The second-order valence-electron chi connectivity index (χ2n) is 7.01. The van der Waals surface area contributed by atoms with Crippen molar-refractivity contribution in [3.8, 4) is 11.6 Å². The average molecular weight is 520 g/mol. The van der Waals surface area contributed by atoms with Gasteiger partial charge in [0.15, 0.2) is 0 Å². The monoisotopic (exact) mass is 520 g/mol. The second-order valence-corrected chi connectivity index (χ2v) is 8.26. The van der Waals surface area contributed by atoms with Crippen LogP contribution in [0.4, 0.5) is 5.69 Å². The summed E-state index contributed by atoms with van der Waals surface area (Å²) in [6.45, 7) is 0.449. The fourth-order valence-corrected chi connectivity index (χ4v) is 3.43. The molecule has 3 rings (SSSR count). The lowest BCUT2D eigenvalue weighted by Gasteiger charge is -2.11. The van der Waals surface area contributed by atoms with Crippen molar-refractivity contribution < 1.29 is 15.0 Å². The van der Waals surface area contributed by atoms with E-state index in [0.29, 0.717) is 22.0 Å². The number of rotatable bonds is 6. The number of hydrogen-bond acceptors (Lipinski definition) is 6. The van der Waals surface area contributed by atoms with Gasteiger partial charge in [-0.05, 0) is 72.6 Å². The smallest absolute Gasteiger partial charge is 0.258 e. The van der Waals surface area contributed by atoms with Gasteiger partial charge in [0.1, 0.15) is 5.75 Å². The number of phenols is 1. The van der Waals surface area contributed by atoms with Crippen molar-refractivity contribution in [1.82, 2.24) is 9.88 Å². The molecule has 30 heavy (non-hydrogen) atoms. The van der Waals surface area contributed by atoms with Crippen LogP contribution in [-0.2, 0) is 11.3 Å². The van der Waals surface area contributed by atoms with Gasteiger partial charge in [0.2, 0.25) is 11.8 Å². The van der Waals surface area contributed by atoms with Crippen LogP contribution in [0, 0.1) is 3.57 Å². The minimum atomic E-state index is -0.368. The molecule has 9 heteroatoms. The minimum Gasteiger partial charge on any atom is -0.506 e. The summed E-state index contributed by atoms with van der Waals surface area (Å²) in [5.41, 5.74) is 1.10. The summed E-state index contributed by atoms with van der Waals surface area (Å²) < 4.78 is 0.927. The van der Waals surface area contributed by atoms with Gasteiger partial charge in [0, 0.05) is 20.6 Å². The fourth-order valence-electron chi connectivity index (χ4n) is 2.94. The Balaban J connectivity index is 1.79. The first-order chi connectivity index (χ1) is 14.2. The number of aliphatic imine (C=N–C) groups is 1. The van der Waals surface area contributed by atoms with Gasteiger partial charge < -0.3 is 20.4 Å². The first-order valence-electron chi connectivity index (χ1n) is 9.05. The molecule has 0 saturated heterocycles. The largest absolute Gasteiger partial charge is 0.506 e. The Hall–Kier alpha value is -2.92. The third-order valence-corrected chi connectivity index (χ3v) is 4.96. The summed E-state index contributed by atoms with van der Waals surface area (Å²) in [5, 5.41) is 24.1. The Morgan fingerprint density at radius 2 is 1.97 bits per heavy atom. The number of fused-ring (bicyclic) bond motifs is 1. The van der Waals surface area contributed by atoms with E-state index in [1.54, 1.807) is 37.2 Å². The zero-order valence-corrected chi connectivity index (χ0v) is 18.6. The first-order valence-corrected chi connectivity index (χ1v) is 10.1. The highest BCUT2D eigenvalue weighted by Gasteiger charge is 2.10. The van der Waals surface area contributed by atoms with E-state index in [0.717, 1.165) is 9.13 Å². The first kappa shape index (κ1) is 21.8. The maximum Gasteiger partial charge on any atom is 0.258 e. The highest BCUT2D eigenvalue weighted by molar-refractivity contribution is 14.1. The van der Waals surface area contributed by atoms with E-state index < -0.39 is 0 Å². The van der Waals surface area contributed by atoms with Crippen molar-refractivity contribution in [1.29, 1.82) is 0 Å². The molecular formula is C21H21IN4O4. The number of anilines is 1. The van der Waals surface area contributed by atoms with Crippen molar-refractivity contribution in [2.45, 2.75) is 6.54 Å². The predicted molar refractivity (Wildman–Crippen MR) is 126 cm³/mol. The number of nitrogens with one attached hydrogen (secondary N) is 2. The summed E-state index contributed by atoms with van der Waals surface area (Å²) in [5.74, 6) is -0.530. The van der Waals surface area contributed by atoms with E-state index in [1.807, 2.05) is 12.1 Å². The molecule has 0 bridgehead atoms. The zero-order valence-electron chi connectivity index (χ0n) is 16.4. The van der Waals surface area contributed by atoms with Gasteiger partial charge in [-0.1, -0.05) is 6.07 Å². The van der Waals surface area contributed by atoms with Crippen molar-refractivity contribution in [3.63, 3.8) is 0 Å². The van der Waals surface area contributed by atoms with E-state index in [-0.39, 0.29) is 36.2 Å². The van der Waals surface area contributed by atoms with Crippen LogP contribution in [0.5, 0.6) is 11.6 Å². The van der Waals surface area contributed by atoms with Crippen molar-refractivity contribution in [3.05, 3.63) is 61.4 Å². The zero-order chi connectivity index (χ0) is 21.8. The Labute approximate surface area is 186 Å². The molecule has 1 heterocycles. The second kappa shape index (κ2) is 9.26. The molecule has 8 nitrogen and oxygen atoms in total. The summed E-state index contributed by atoms with van der Waals surface area (Å²) >= 11 is 2.14. The summed E-state index contributed by atoms with van der Waals surface area (Å²) in [4.78, 5) is 32.4. The van der Waals surface area contributed by atoms with Gasteiger partial charge in [-0.3, -0.25) is 19.6 Å². The summed E-state index contributed by atoms with van der Waals surface area (Å²) in [7, 11) is 3.57. The summed E-state index contributed by atoms with van der Waals surface area (Å²) in [6, 6.07) is 10.2. The van der Waals surface area contributed by atoms with Crippen LogP contribution >= 0.6 is 22.6 Å². The third kappa shape index (κ3) is 5.16. The number of pyridine rings is 1. The van der Waals surface area contributed by atoms with Crippen molar-refractivity contribution in [2.75, 3.05) is 26.0 Å². The molecule has 0 spiro atoms. The molecule has 1 amide bonds. The fraction of sp³-hybridized carbons (Fsp3) is 0.190. The molecule has 156 valence electrons. The number of benzene rings is 2. The highest BCUT2D eigenvalue weighted by Crippen LogP contribution is 2.25. The van der Waals surface area contributed by atoms with E-state index in [9.17, 15) is 19.8 Å². The number of H-pyrrole nitrogens is 1. The molecule has 0 fully saturated rings. The van der Waals surface area contributed by atoms with Crippen LogP contribution in [0.15, 0.2) is 46.2 Å². The van der Waals surface area contributed by atoms with Gasteiger partial charge in [0.05, 0.1) is 24.3 Å². The van der Waals surface area contributed by atoms with E-state index in [1.165, 1.54) is 12.3 Å². The number of carbonyl (C=O) groups is 1. The maximum absolute atomic E-state index is 12.0. The Morgan fingerprint density at radius 1 is 1.20 bits per heavy atom. The van der Waals surface area contributed by atoms with Crippen LogP contribution in [-0.4, -0.2) is 52.9 Å². The lowest BCUT2D eigenvalue weighted by atomic mass is 10.1. The van der Waals surface area contributed by atoms with Crippen LogP contribution < -0.4 is 10.9 Å². The van der Waals surface area contributed by atoms with Crippen LogP contribution in [0.25, 0.3) is 10.8 Å². The van der Waals surface area contributed by atoms with Crippen LogP contribution in [0.2, 0.25) is 0 Å². The average Bonchev–Trinajstić information content (AvgIpc) is 2.65. The highest BCUT2D eigenvalue weighted by atomic mass is 127. The molecule has 0 saturated carbocycles. The number of aromatic amines is 1. The summed E-state index contributed by atoms with van der Waals surface area (Å²) in [6.07, 6.45) is 1.49. The Kier molecular flexibility index (Phi) is 6.73. The Bertz CT molecular complexity index is 1190. The number of phenolic OH excluding ortho intramolecular Hbond substituents is 1. The van der Waals surface area contributed by atoms with Crippen LogP contribution in [0.3, 0.4) is 0 Å². The van der Waals surface area contributed by atoms with Gasteiger partial charge in [-0.25, -0.2) is 0 Å². The number of aromatic hydroxyl groups is 2. The number of likely N-dealkylation sites (N-methyl/N-ethyl adjacent to an activating group) is 1. The number of hydrogen-bond donors (Lipinski definition) is 4. The SMILES string of the molecule is CN(C)CC(=O)Nc1ccc(CN=Cc2c(O)[nH]c(=O)c3ccc(I)cc23)cc1O. The molecule has 0 aliphatic heterocycles. The number of amides is 1. The van der Waals surface area contributed by atoms with Gasteiger partial charge in [-0.2, -0.15) is 0 Å². The maximum atomic E-state index is 12.0. The standard InChI is InChI=1S/C21H21IN4O4/c1-26(2)11-19(28)24-17-6-3-12(7-18(17)27)9-23-10-16-15-8-13(22)4-5-14(15)20(29)25-21(16)30/h3-8,10,27H,9,11H2,1-2H3,(H,24,28)(H2,25,29,30). The van der Waals surface area contributed by atoms with Crippen molar-refractivity contribution >= 4 is 51.2 Å². The lowest BCUT2D eigenvalue weighted by Crippen LogP contribution is -2.27.